The molecule has 0 radical (unpaired) electrons. The lowest BCUT2D eigenvalue weighted by atomic mass is 10.2. The number of rotatable bonds is 4. The molecule has 1 heterocycles. The van der Waals surface area contributed by atoms with Gasteiger partial charge in [-0.1, -0.05) is 11.6 Å². The highest BCUT2D eigenvalue weighted by Crippen LogP contribution is 2.32. The summed E-state index contributed by atoms with van der Waals surface area (Å²) in [4.78, 5) is 16.8. The van der Waals surface area contributed by atoms with Gasteiger partial charge in [0.2, 0.25) is 5.89 Å². The fraction of sp³-hybridized carbons (Fsp3) is 0.0476. The van der Waals surface area contributed by atoms with Gasteiger partial charge in [0.05, 0.1) is 22.2 Å². The molecule has 0 aliphatic heterocycles. The van der Waals surface area contributed by atoms with Crippen LogP contribution >= 0.6 is 27.5 Å². The third-order valence-corrected chi connectivity index (χ3v) is 5.23. The van der Waals surface area contributed by atoms with Gasteiger partial charge in [0.25, 0.3) is 5.91 Å². The van der Waals surface area contributed by atoms with Crippen LogP contribution in [0.15, 0.2) is 57.4 Å². The zero-order valence-corrected chi connectivity index (χ0v) is 17.6. The summed E-state index contributed by atoms with van der Waals surface area (Å²) in [5, 5.41) is 2.75. The fourth-order valence-corrected chi connectivity index (χ4v) is 3.59. The minimum absolute atomic E-state index is 0.0286. The van der Waals surface area contributed by atoms with E-state index in [2.05, 4.69) is 26.2 Å². The molecular weight excluding hydrogens is 482 g/mol. The molecule has 30 heavy (non-hydrogen) atoms. The minimum atomic E-state index is -1.06. The van der Waals surface area contributed by atoms with Gasteiger partial charge >= 0.3 is 0 Å². The van der Waals surface area contributed by atoms with Crippen molar-refractivity contribution in [2.24, 2.45) is 0 Å². The number of nitrogens with zero attached hydrogens (tertiary/aromatic N) is 1. The van der Waals surface area contributed by atoms with E-state index in [1.54, 1.807) is 36.4 Å². The Morgan fingerprint density at radius 1 is 1.13 bits per heavy atom. The molecule has 152 valence electrons. The Kier molecular flexibility index (Phi) is 5.44. The maximum atomic E-state index is 13.6. The molecule has 3 aromatic carbocycles. The second kappa shape index (κ2) is 8.04. The quantitative estimate of drug-likeness (QED) is 0.332. The zero-order valence-electron chi connectivity index (χ0n) is 15.3. The van der Waals surface area contributed by atoms with Crippen LogP contribution in [0.5, 0.6) is 5.75 Å². The molecule has 4 aromatic rings. The van der Waals surface area contributed by atoms with Crippen LogP contribution in [0.2, 0.25) is 5.02 Å². The smallest absolute Gasteiger partial charge is 0.255 e. The predicted molar refractivity (Wildman–Crippen MR) is 113 cm³/mol. The topological polar surface area (TPSA) is 64.4 Å². The Morgan fingerprint density at radius 3 is 2.63 bits per heavy atom. The summed E-state index contributed by atoms with van der Waals surface area (Å²) in [7, 11) is 1.54. The summed E-state index contributed by atoms with van der Waals surface area (Å²) in [6, 6.07) is 11.6. The van der Waals surface area contributed by atoms with Crippen molar-refractivity contribution in [2.75, 3.05) is 12.4 Å². The highest BCUT2D eigenvalue weighted by molar-refractivity contribution is 9.10. The fourth-order valence-electron chi connectivity index (χ4n) is 2.82. The molecule has 0 saturated heterocycles. The summed E-state index contributed by atoms with van der Waals surface area (Å²) in [6.07, 6.45) is 0. The second-order valence-corrected chi connectivity index (χ2v) is 7.51. The van der Waals surface area contributed by atoms with E-state index >= 15 is 0 Å². The first-order chi connectivity index (χ1) is 14.4. The van der Waals surface area contributed by atoms with Crippen molar-refractivity contribution in [3.63, 3.8) is 0 Å². The molecule has 0 aliphatic carbocycles. The lowest BCUT2D eigenvalue weighted by molar-refractivity contribution is 0.102. The van der Waals surface area contributed by atoms with Crippen molar-refractivity contribution in [1.29, 1.82) is 0 Å². The lowest BCUT2D eigenvalue weighted by Gasteiger charge is -2.07. The molecule has 0 aliphatic rings. The first kappa shape index (κ1) is 20.3. The van der Waals surface area contributed by atoms with E-state index in [1.807, 2.05) is 0 Å². The summed E-state index contributed by atoms with van der Waals surface area (Å²) in [6.45, 7) is 0. The van der Waals surface area contributed by atoms with Crippen LogP contribution in [-0.2, 0) is 0 Å². The van der Waals surface area contributed by atoms with Crippen LogP contribution < -0.4 is 10.1 Å². The molecule has 1 aromatic heterocycles. The van der Waals surface area contributed by atoms with Gasteiger partial charge < -0.3 is 14.5 Å². The molecule has 0 spiro atoms. The van der Waals surface area contributed by atoms with Gasteiger partial charge in [-0.15, -0.1) is 0 Å². The minimum Gasteiger partial charge on any atom is -0.496 e. The van der Waals surface area contributed by atoms with Crippen LogP contribution in [-0.4, -0.2) is 18.0 Å². The van der Waals surface area contributed by atoms with Crippen molar-refractivity contribution in [3.05, 3.63) is 75.2 Å². The standard InChI is InChI=1S/C21H12BrClF2N2O3/c1-29-18-4-2-10(6-13(18)22)20(28)26-11-3-5-19-17(7-11)27-21(30-19)12-8-15(24)16(25)9-14(12)23/h2-9H,1H3,(H,26,28). The van der Waals surface area contributed by atoms with Gasteiger partial charge in [0, 0.05) is 11.3 Å². The third-order valence-electron chi connectivity index (χ3n) is 4.30. The SMILES string of the molecule is COc1ccc(C(=O)Nc2ccc3oc(-c4cc(F)c(F)cc4Cl)nc3c2)cc1Br. The largest absolute Gasteiger partial charge is 0.496 e. The van der Waals surface area contributed by atoms with Gasteiger partial charge in [0.1, 0.15) is 11.3 Å². The number of hydrogen-bond donors (Lipinski definition) is 1. The molecule has 0 unspecified atom stereocenters. The van der Waals surface area contributed by atoms with Crippen molar-refractivity contribution in [1.82, 2.24) is 4.98 Å². The summed E-state index contributed by atoms with van der Waals surface area (Å²) >= 11 is 9.33. The van der Waals surface area contributed by atoms with E-state index in [-0.39, 0.29) is 22.4 Å². The number of fused-ring (bicyclic) bond motifs is 1. The van der Waals surface area contributed by atoms with Gasteiger partial charge in [-0.25, -0.2) is 13.8 Å². The van der Waals surface area contributed by atoms with E-state index in [0.29, 0.717) is 32.6 Å². The van der Waals surface area contributed by atoms with E-state index in [1.165, 1.54) is 7.11 Å². The number of carbonyl (C=O) groups is 1. The van der Waals surface area contributed by atoms with Gasteiger partial charge in [-0.2, -0.15) is 0 Å². The average Bonchev–Trinajstić information content (AvgIpc) is 3.13. The highest BCUT2D eigenvalue weighted by Gasteiger charge is 2.16. The monoisotopic (exact) mass is 492 g/mol. The number of oxazole rings is 1. The number of halogens is 4. The maximum absolute atomic E-state index is 13.6. The number of ether oxygens (including phenoxy) is 1. The van der Waals surface area contributed by atoms with Crippen molar-refractivity contribution >= 4 is 50.2 Å². The molecule has 0 fully saturated rings. The number of anilines is 1. The highest BCUT2D eigenvalue weighted by atomic mass is 79.9. The predicted octanol–water partition coefficient (Wildman–Crippen LogP) is 6.45. The van der Waals surface area contributed by atoms with Crippen LogP contribution in [0, 0.1) is 11.6 Å². The van der Waals surface area contributed by atoms with Crippen molar-refractivity contribution in [3.8, 4) is 17.2 Å². The number of nitrogens with one attached hydrogen (secondary N) is 1. The summed E-state index contributed by atoms with van der Waals surface area (Å²) < 4.78 is 38.3. The Balaban J connectivity index is 1.62. The van der Waals surface area contributed by atoms with Gasteiger partial charge in [-0.05, 0) is 64.5 Å². The lowest BCUT2D eigenvalue weighted by Crippen LogP contribution is -2.11. The number of benzene rings is 3. The third kappa shape index (κ3) is 3.88. The van der Waals surface area contributed by atoms with E-state index in [4.69, 9.17) is 20.8 Å². The number of carbonyl (C=O) groups excluding carboxylic acids is 1. The first-order valence-corrected chi connectivity index (χ1v) is 9.73. The summed E-state index contributed by atoms with van der Waals surface area (Å²) in [5.41, 5.74) is 1.85. The Bertz CT molecular complexity index is 1290. The average molecular weight is 494 g/mol. The molecule has 4 rings (SSSR count). The van der Waals surface area contributed by atoms with E-state index in [0.717, 1.165) is 12.1 Å². The Labute approximate surface area is 182 Å². The molecule has 1 N–H and O–H groups in total. The van der Waals surface area contributed by atoms with Gasteiger partial charge in [-0.3, -0.25) is 4.79 Å². The van der Waals surface area contributed by atoms with Gasteiger partial charge in [0.15, 0.2) is 17.2 Å². The molecule has 0 atom stereocenters. The van der Waals surface area contributed by atoms with Crippen LogP contribution in [0.3, 0.4) is 0 Å². The number of methoxy groups -OCH3 is 1. The van der Waals surface area contributed by atoms with Crippen LogP contribution in [0.25, 0.3) is 22.6 Å². The Hall–Kier alpha value is -2.97. The maximum Gasteiger partial charge on any atom is 0.255 e. The molecular formula is C21H12BrClF2N2O3. The van der Waals surface area contributed by atoms with E-state index in [9.17, 15) is 13.6 Å². The number of hydrogen-bond acceptors (Lipinski definition) is 4. The molecule has 0 bridgehead atoms. The van der Waals surface area contributed by atoms with E-state index < -0.39 is 11.6 Å². The first-order valence-electron chi connectivity index (χ1n) is 8.56. The van der Waals surface area contributed by atoms with Crippen LogP contribution in [0.4, 0.5) is 14.5 Å². The summed E-state index contributed by atoms with van der Waals surface area (Å²) in [5.74, 6) is -1.80. The Morgan fingerprint density at radius 2 is 1.90 bits per heavy atom. The normalized spacial score (nSPS) is 11.0. The molecule has 5 nitrogen and oxygen atoms in total. The van der Waals surface area contributed by atoms with Crippen LogP contribution in [0.1, 0.15) is 10.4 Å². The number of aromatic nitrogens is 1. The zero-order chi connectivity index (χ0) is 21.4. The molecule has 1 amide bonds. The molecule has 9 heteroatoms. The second-order valence-electron chi connectivity index (χ2n) is 6.25. The van der Waals surface area contributed by atoms with Crippen molar-refractivity contribution in [2.45, 2.75) is 0 Å². The number of amides is 1. The molecule has 0 saturated carbocycles. The van der Waals surface area contributed by atoms with Crippen molar-refractivity contribution < 1.29 is 22.7 Å².